The van der Waals surface area contributed by atoms with Crippen LogP contribution in [0.3, 0.4) is 0 Å². The lowest BCUT2D eigenvalue weighted by molar-refractivity contribution is -0.136. The van der Waals surface area contributed by atoms with Gasteiger partial charge in [0.25, 0.3) is 5.91 Å². The molecular weight excluding hydrogens is 348 g/mol. The van der Waals surface area contributed by atoms with Crippen LogP contribution in [0.4, 0.5) is 5.69 Å². The number of carbonyl (C=O) groups is 2. The Morgan fingerprint density at radius 2 is 1.96 bits per heavy atom. The van der Waals surface area contributed by atoms with E-state index < -0.39 is 0 Å². The number of anilines is 1. The average molecular weight is 372 g/mol. The highest BCUT2D eigenvalue weighted by Gasteiger charge is 2.23. The van der Waals surface area contributed by atoms with Gasteiger partial charge in [0.1, 0.15) is 12.2 Å². The van der Waals surface area contributed by atoms with Crippen LogP contribution in [-0.4, -0.2) is 62.6 Å². The van der Waals surface area contributed by atoms with Crippen molar-refractivity contribution in [2.75, 3.05) is 31.6 Å². The third kappa shape index (κ3) is 4.02. The summed E-state index contributed by atoms with van der Waals surface area (Å²) in [5.74, 6) is -0.211. The first-order valence-corrected chi connectivity index (χ1v) is 9.43. The zero-order valence-electron chi connectivity index (χ0n) is 15.2. The van der Waals surface area contributed by atoms with Gasteiger partial charge < -0.3 is 15.0 Å². The quantitative estimate of drug-likeness (QED) is 0.854. The summed E-state index contributed by atoms with van der Waals surface area (Å²) in [5, 5.41) is 11.4. The van der Waals surface area contributed by atoms with Gasteiger partial charge in [-0.1, -0.05) is 12.8 Å². The summed E-state index contributed by atoms with van der Waals surface area (Å²) in [7, 11) is 0. The number of rotatable bonds is 5. The number of hydrogen-bond donors (Lipinski definition) is 1. The molecule has 2 aliphatic rings. The highest BCUT2D eigenvalue weighted by Crippen LogP contribution is 2.29. The van der Waals surface area contributed by atoms with Crippen molar-refractivity contribution in [3.8, 4) is 0 Å². The summed E-state index contributed by atoms with van der Waals surface area (Å²) in [5.41, 5.74) is 1.12. The van der Waals surface area contributed by atoms with Crippen molar-refractivity contribution < 1.29 is 14.3 Å². The lowest BCUT2D eigenvalue weighted by atomic mass is 10.2. The average Bonchev–Trinajstić information content (AvgIpc) is 3.43. The van der Waals surface area contributed by atoms with Crippen molar-refractivity contribution >= 4 is 17.5 Å². The molecule has 2 aromatic heterocycles. The summed E-state index contributed by atoms with van der Waals surface area (Å²) >= 11 is 0. The minimum absolute atomic E-state index is 0.00131. The number of morpholine rings is 1. The number of hydrogen-bond acceptors (Lipinski definition) is 5. The molecule has 0 unspecified atom stereocenters. The number of amides is 2. The van der Waals surface area contributed by atoms with Crippen molar-refractivity contribution in [1.82, 2.24) is 24.5 Å². The van der Waals surface area contributed by atoms with E-state index in [9.17, 15) is 9.59 Å². The summed E-state index contributed by atoms with van der Waals surface area (Å²) in [6.07, 6.45) is 9.36. The van der Waals surface area contributed by atoms with Crippen molar-refractivity contribution in [1.29, 1.82) is 0 Å². The van der Waals surface area contributed by atoms with Crippen LogP contribution in [0.25, 0.3) is 0 Å². The summed E-state index contributed by atoms with van der Waals surface area (Å²) in [4.78, 5) is 26.7. The van der Waals surface area contributed by atoms with Crippen LogP contribution in [0.1, 0.15) is 42.2 Å². The molecule has 1 saturated carbocycles. The second-order valence-corrected chi connectivity index (χ2v) is 6.97. The van der Waals surface area contributed by atoms with Crippen LogP contribution in [0, 0.1) is 0 Å². The van der Waals surface area contributed by atoms with Crippen LogP contribution < -0.4 is 5.32 Å². The summed E-state index contributed by atoms with van der Waals surface area (Å²) < 4.78 is 8.63. The Morgan fingerprint density at radius 1 is 1.19 bits per heavy atom. The molecule has 9 heteroatoms. The normalized spacial score (nSPS) is 18.0. The minimum atomic E-state index is -0.210. The number of ether oxygens (including phenoxy) is 1. The van der Waals surface area contributed by atoms with Gasteiger partial charge in [-0.2, -0.15) is 10.2 Å². The Morgan fingerprint density at radius 3 is 2.74 bits per heavy atom. The van der Waals surface area contributed by atoms with E-state index in [0.29, 0.717) is 43.7 Å². The van der Waals surface area contributed by atoms with E-state index in [-0.39, 0.29) is 18.4 Å². The molecular formula is C18H24N6O3. The monoisotopic (exact) mass is 372 g/mol. The maximum atomic E-state index is 12.6. The largest absolute Gasteiger partial charge is 0.378 e. The molecule has 1 aliphatic heterocycles. The third-order valence-corrected chi connectivity index (χ3v) is 5.13. The van der Waals surface area contributed by atoms with Gasteiger partial charge in [-0.15, -0.1) is 0 Å². The molecule has 2 aromatic rings. The molecule has 1 saturated heterocycles. The van der Waals surface area contributed by atoms with E-state index in [2.05, 4.69) is 15.5 Å². The molecule has 27 heavy (non-hydrogen) atoms. The molecule has 2 fully saturated rings. The Balaban J connectivity index is 1.37. The van der Waals surface area contributed by atoms with E-state index in [1.807, 2.05) is 4.68 Å². The van der Waals surface area contributed by atoms with Crippen molar-refractivity contribution in [2.45, 2.75) is 38.3 Å². The van der Waals surface area contributed by atoms with E-state index in [4.69, 9.17) is 4.74 Å². The second-order valence-electron chi connectivity index (χ2n) is 6.97. The number of nitrogens with zero attached hydrogens (tertiary/aromatic N) is 5. The molecule has 0 aromatic carbocycles. The molecule has 3 heterocycles. The minimum Gasteiger partial charge on any atom is -0.378 e. The third-order valence-electron chi connectivity index (χ3n) is 5.13. The van der Waals surface area contributed by atoms with E-state index in [1.54, 1.807) is 34.2 Å². The van der Waals surface area contributed by atoms with Crippen LogP contribution in [-0.2, 0) is 16.1 Å². The Labute approximate surface area is 157 Å². The molecule has 2 amide bonds. The van der Waals surface area contributed by atoms with Crippen LogP contribution >= 0.6 is 0 Å². The number of nitrogens with one attached hydrogen (secondary N) is 1. The predicted molar refractivity (Wildman–Crippen MR) is 97.3 cm³/mol. The van der Waals surface area contributed by atoms with Gasteiger partial charge in [0.05, 0.1) is 31.1 Å². The van der Waals surface area contributed by atoms with Crippen LogP contribution in [0.2, 0.25) is 0 Å². The fourth-order valence-corrected chi connectivity index (χ4v) is 3.69. The van der Waals surface area contributed by atoms with Gasteiger partial charge in [-0.05, 0) is 18.9 Å². The Hall–Kier alpha value is -2.68. The smallest absolute Gasteiger partial charge is 0.274 e. The Kier molecular flexibility index (Phi) is 5.19. The maximum absolute atomic E-state index is 12.6. The zero-order chi connectivity index (χ0) is 18.6. The maximum Gasteiger partial charge on any atom is 0.274 e. The van der Waals surface area contributed by atoms with Crippen molar-refractivity contribution in [3.63, 3.8) is 0 Å². The van der Waals surface area contributed by atoms with E-state index in [0.717, 1.165) is 12.8 Å². The molecule has 1 N–H and O–H groups in total. The summed E-state index contributed by atoms with van der Waals surface area (Å²) in [6.45, 7) is 2.50. The van der Waals surface area contributed by atoms with Gasteiger partial charge in [0.15, 0.2) is 0 Å². The van der Waals surface area contributed by atoms with E-state index >= 15 is 0 Å². The van der Waals surface area contributed by atoms with Crippen LogP contribution in [0.15, 0.2) is 24.7 Å². The number of carbonyl (C=O) groups excluding carboxylic acids is 2. The molecule has 0 spiro atoms. The lowest BCUT2D eigenvalue weighted by Crippen LogP contribution is -2.42. The van der Waals surface area contributed by atoms with Gasteiger partial charge in [-0.25, -0.2) is 0 Å². The predicted octanol–water partition coefficient (Wildman–Crippen LogP) is 1.31. The molecule has 144 valence electrons. The molecule has 0 radical (unpaired) electrons. The molecule has 4 rings (SSSR count). The Bertz CT molecular complexity index is 802. The van der Waals surface area contributed by atoms with Crippen molar-refractivity contribution in [3.05, 3.63) is 30.4 Å². The molecule has 9 nitrogen and oxygen atoms in total. The number of aromatic nitrogens is 4. The fraction of sp³-hybridized carbons (Fsp3) is 0.556. The standard InChI is InChI=1S/C18H24N6O3/c25-17(22-7-9-27-10-8-22)13-23-12-14(11-20-23)21-18(26)16-5-6-19-24(16)15-3-1-2-4-15/h5-6,11-12,15H,1-4,7-10,13H2,(H,21,26). The van der Waals surface area contributed by atoms with Gasteiger partial charge in [-0.3, -0.25) is 19.0 Å². The zero-order valence-corrected chi connectivity index (χ0v) is 15.2. The first kappa shape index (κ1) is 17.7. The van der Waals surface area contributed by atoms with Gasteiger partial charge in [0.2, 0.25) is 5.91 Å². The first-order chi connectivity index (χ1) is 13.2. The van der Waals surface area contributed by atoms with Gasteiger partial charge >= 0.3 is 0 Å². The lowest BCUT2D eigenvalue weighted by Gasteiger charge is -2.26. The van der Waals surface area contributed by atoms with E-state index in [1.165, 1.54) is 12.8 Å². The topological polar surface area (TPSA) is 94.3 Å². The van der Waals surface area contributed by atoms with Gasteiger partial charge in [0, 0.05) is 25.5 Å². The summed E-state index contributed by atoms with van der Waals surface area (Å²) in [6, 6.07) is 2.04. The fourth-order valence-electron chi connectivity index (χ4n) is 3.69. The second kappa shape index (κ2) is 7.91. The molecule has 1 aliphatic carbocycles. The van der Waals surface area contributed by atoms with Crippen LogP contribution in [0.5, 0.6) is 0 Å². The first-order valence-electron chi connectivity index (χ1n) is 9.43. The molecule has 0 bridgehead atoms. The highest BCUT2D eigenvalue weighted by atomic mass is 16.5. The SMILES string of the molecule is O=C(Nc1cnn(CC(=O)N2CCOCC2)c1)c1ccnn1C1CCCC1. The highest BCUT2D eigenvalue weighted by molar-refractivity contribution is 6.02. The van der Waals surface area contributed by atoms with Crippen molar-refractivity contribution in [2.24, 2.45) is 0 Å². The molecule has 0 atom stereocenters.